The van der Waals surface area contributed by atoms with Crippen LogP contribution in [0.1, 0.15) is 16.4 Å². The Labute approximate surface area is 134 Å². The molecule has 0 bridgehead atoms. The number of nitrogens with zero attached hydrogens (tertiary/aromatic N) is 4. The summed E-state index contributed by atoms with van der Waals surface area (Å²) < 4.78 is 3.06. The van der Waals surface area contributed by atoms with E-state index in [1.54, 1.807) is 17.5 Å². The third-order valence-corrected chi connectivity index (χ3v) is 4.64. The highest BCUT2D eigenvalue weighted by atomic mass is 79.9. The van der Waals surface area contributed by atoms with Gasteiger partial charge in [-0.2, -0.15) is 0 Å². The molecule has 4 nitrogen and oxygen atoms in total. The van der Waals surface area contributed by atoms with Gasteiger partial charge in [0.05, 0.1) is 17.7 Å². The number of imidazole rings is 1. The summed E-state index contributed by atoms with van der Waals surface area (Å²) in [5, 5.41) is 0. The van der Waals surface area contributed by atoms with Crippen molar-refractivity contribution in [3.8, 4) is 0 Å². The monoisotopic (exact) mass is 370 g/mol. The Morgan fingerprint density at radius 3 is 2.95 bits per heavy atom. The molecular weight excluding hydrogens is 360 g/mol. The van der Waals surface area contributed by atoms with Crippen molar-refractivity contribution in [1.29, 1.82) is 0 Å². The first-order chi connectivity index (χ1) is 9.69. The molecule has 0 aliphatic carbocycles. The Morgan fingerprint density at radius 2 is 2.25 bits per heavy atom. The van der Waals surface area contributed by atoms with Crippen molar-refractivity contribution in [2.75, 3.05) is 5.88 Å². The zero-order chi connectivity index (χ0) is 14.1. The first-order valence-electron chi connectivity index (χ1n) is 6.14. The minimum Gasteiger partial charge on any atom is -0.307 e. The largest absolute Gasteiger partial charge is 0.307 e. The molecule has 20 heavy (non-hydrogen) atoms. The minimum atomic E-state index is 0.548. The molecule has 0 spiro atoms. The number of aryl methyl sites for hydroxylation is 2. The molecular formula is C13H12BrClN4S. The van der Waals surface area contributed by atoms with E-state index in [0.29, 0.717) is 5.88 Å². The number of alkyl halides is 1. The van der Waals surface area contributed by atoms with Gasteiger partial charge in [0.15, 0.2) is 5.65 Å². The van der Waals surface area contributed by atoms with Crippen molar-refractivity contribution in [2.24, 2.45) is 0 Å². The lowest BCUT2D eigenvalue weighted by Gasteiger charge is -2.06. The molecule has 3 rings (SSSR count). The fraction of sp³-hybridized carbons (Fsp3) is 0.308. The molecule has 0 unspecified atom stereocenters. The Bertz CT molecular complexity index is 752. The van der Waals surface area contributed by atoms with E-state index in [-0.39, 0.29) is 0 Å². The lowest BCUT2D eigenvalue weighted by Crippen LogP contribution is -2.06. The molecule has 0 aliphatic heterocycles. The SMILES string of the molecule is Cc1ncsc1Cn1c(CCCl)nc2cc(Br)cnc21. The summed E-state index contributed by atoms with van der Waals surface area (Å²) in [6.07, 6.45) is 2.53. The molecule has 7 heteroatoms. The van der Waals surface area contributed by atoms with Gasteiger partial charge in [-0.3, -0.25) is 0 Å². The number of thiazole rings is 1. The minimum absolute atomic E-state index is 0.548. The van der Waals surface area contributed by atoms with Crippen LogP contribution in [0.15, 0.2) is 22.2 Å². The molecule has 0 radical (unpaired) electrons. The van der Waals surface area contributed by atoms with Crippen molar-refractivity contribution < 1.29 is 0 Å². The first kappa shape index (κ1) is 14.0. The van der Waals surface area contributed by atoms with Crippen LogP contribution in [0, 0.1) is 6.92 Å². The van der Waals surface area contributed by atoms with Gasteiger partial charge in [0, 0.05) is 27.8 Å². The zero-order valence-corrected chi connectivity index (χ0v) is 14.0. The second kappa shape index (κ2) is 5.79. The van der Waals surface area contributed by atoms with Gasteiger partial charge in [0.2, 0.25) is 0 Å². The first-order valence-corrected chi connectivity index (χ1v) is 8.35. The van der Waals surface area contributed by atoms with Gasteiger partial charge in [-0.15, -0.1) is 22.9 Å². The smallest absolute Gasteiger partial charge is 0.160 e. The molecule has 0 fully saturated rings. The van der Waals surface area contributed by atoms with E-state index in [2.05, 4.69) is 35.4 Å². The lowest BCUT2D eigenvalue weighted by atomic mass is 10.3. The van der Waals surface area contributed by atoms with Crippen LogP contribution in [-0.4, -0.2) is 25.4 Å². The van der Waals surface area contributed by atoms with Crippen LogP contribution in [0.5, 0.6) is 0 Å². The normalized spacial score (nSPS) is 11.3. The van der Waals surface area contributed by atoms with Gasteiger partial charge in [-0.25, -0.2) is 15.0 Å². The van der Waals surface area contributed by atoms with Crippen molar-refractivity contribution in [3.63, 3.8) is 0 Å². The Balaban J connectivity index is 2.11. The maximum absolute atomic E-state index is 5.89. The molecule has 0 atom stereocenters. The predicted octanol–water partition coefficient (Wildman–Crippen LogP) is 3.79. The molecule has 0 amide bonds. The number of pyridine rings is 1. The molecule has 104 valence electrons. The van der Waals surface area contributed by atoms with Gasteiger partial charge >= 0.3 is 0 Å². The van der Waals surface area contributed by atoms with Gasteiger partial charge in [0.25, 0.3) is 0 Å². The molecule has 0 saturated carbocycles. The van der Waals surface area contributed by atoms with E-state index in [4.69, 9.17) is 11.6 Å². The third-order valence-electron chi connectivity index (χ3n) is 3.10. The van der Waals surface area contributed by atoms with E-state index in [1.807, 2.05) is 18.5 Å². The molecule has 0 N–H and O–H groups in total. The van der Waals surface area contributed by atoms with Crippen LogP contribution >= 0.6 is 38.9 Å². The Morgan fingerprint density at radius 1 is 1.40 bits per heavy atom. The predicted molar refractivity (Wildman–Crippen MR) is 85.6 cm³/mol. The van der Waals surface area contributed by atoms with E-state index in [9.17, 15) is 0 Å². The maximum Gasteiger partial charge on any atom is 0.160 e. The highest BCUT2D eigenvalue weighted by Gasteiger charge is 2.14. The molecule has 0 saturated heterocycles. The average molecular weight is 372 g/mol. The van der Waals surface area contributed by atoms with Gasteiger partial charge in [-0.05, 0) is 28.9 Å². The lowest BCUT2D eigenvalue weighted by molar-refractivity contribution is 0.751. The van der Waals surface area contributed by atoms with E-state index in [0.717, 1.165) is 40.1 Å². The molecule has 0 aromatic carbocycles. The zero-order valence-electron chi connectivity index (χ0n) is 10.8. The number of fused-ring (bicyclic) bond motifs is 1. The van der Waals surface area contributed by atoms with Crippen LogP contribution in [-0.2, 0) is 13.0 Å². The van der Waals surface area contributed by atoms with Crippen LogP contribution < -0.4 is 0 Å². The van der Waals surface area contributed by atoms with Crippen molar-refractivity contribution >= 4 is 50.0 Å². The van der Waals surface area contributed by atoms with Crippen LogP contribution in [0.3, 0.4) is 0 Å². The number of aromatic nitrogens is 4. The molecule has 3 aromatic rings. The maximum atomic E-state index is 5.89. The van der Waals surface area contributed by atoms with Crippen LogP contribution in [0.25, 0.3) is 11.2 Å². The van der Waals surface area contributed by atoms with Crippen molar-refractivity contribution in [2.45, 2.75) is 19.9 Å². The van der Waals surface area contributed by atoms with Crippen molar-refractivity contribution in [3.05, 3.63) is 38.6 Å². The van der Waals surface area contributed by atoms with Gasteiger partial charge in [0.1, 0.15) is 11.3 Å². The third kappa shape index (κ3) is 2.60. The second-order valence-corrected chi connectivity index (χ2v) is 6.64. The Kier molecular flexibility index (Phi) is 4.05. The summed E-state index contributed by atoms with van der Waals surface area (Å²) >= 11 is 11.0. The highest BCUT2D eigenvalue weighted by Crippen LogP contribution is 2.22. The van der Waals surface area contributed by atoms with Crippen LogP contribution in [0.4, 0.5) is 0 Å². The fourth-order valence-corrected chi connectivity index (χ4v) is 3.35. The number of halogens is 2. The summed E-state index contributed by atoms with van der Waals surface area (Å²) in [7, 11) is 0. The fourth-order valence-electron chi connectivity index (χ4n) is 2.10. The number of rotatable bonds is 4. The summed E-state index contributed by atoms with van der Waals surface area (Å²) in [6, 6.07) is 1.98. The summed E-state index contributed by atoms with van der Waals surface area (Å²) in [5.41, 5.74) is 4.71. The number of hydrogen-bond donors (Lipinski definition) is 0. The average Bonchev–Trinajstić information content (AvgIpc) is 2.96. The van der Waals surface area contributed by atoms with E-state index >= 15 is 0 Å². The topological polar surface area (TPSA) is 43.6 Å². The van der Waals surface area contributed by atoms with Gasteiger partial charge < -0.3 is 4.57 Å². The van der Waals surface area contributed by atoms with Crippen molar-refractivity contribution in [1.82, 2.24) is 19.5 Å². The van der Waals surface area contributed by atoms with Gasteiger partial charge in [-0.1, -0.05) is 0 Å². The molecule has 3 heterocycles. The summed E-state index contributed by atoms with van der Waals surface area (Å²) in [4.78, 5) is 14.7. The standard InChI is InChI=1S/C13H12BrClN4S/c1-8-11(20-7-17-8)6-19-12(2-3-15)18-10-4-9(14)5-16-13(10)19/h4-5,7H,2-3,6H2,1H3. The molecule has 0 aliphatic rings. The van der Waals surface area contributed by atoms with E-state index in [1.165, 1.54) is 4.88 Å². The summed E-state index contributed by atoms with van der Waals surface area (Å²) in [6.45, 7) is 2.77. The number of hydrogen-bond acceptors (Lipinski definition) is 4. The second-order valence-electron chi connectivity index (χ2n) is 4.41. The quantitative estimate of drug-likeness (QED) is 0.655. The highest BCUT2D eigenvalue weighted by molar-refractivity contribution is 9.10. The summed E-state index contributed by atoms with van der Waals surface area (Å²) in [5.74, 6) is 1.51. The van der Waals surface area contributed by atoms with E-state index < -0.39 is 0 Å². The molecule has 3 aromatic heterocycles. The Hall–Kier alpha value is -0.980. The van der Waals surface area contributed by atoms with Crippen LogP contribution in [0.2, 0.25) is 0 Å².